The quantitative estimate of drug-likeness (QED) is 0.121. The number of ether oxygens (including phenoxy) is 1. The van der Waals surface area contributed by atoms with Crippen molar-refractivity contribution in [2.75, 3.05) is 0 Å². The molecule has 1 aromatic rings. The predicted octanol–water partition coefficient (Wildman–Crippen LogP) is 7.80. The van der Waals surface area contributed by atoms with E-state index >= 15 is 0 Å². The lowest BCUT2D eigenvalue weighted by molar-refractivity contribution is -0.128. The van der Waals surface area contributed by atoms with Gasteiger partial charge in [-0.3, -0.25) is 0 Å². The van der Waals surface area contributed by atoms with Gasteiger partial charge in [-0.25, -0.2) is 4.79 Å². The molecule has 0 aliphatic rings. The predicted molar refractivity (Wildman–Crippen MR) is 116 cm³/mol. The van der Waals surface area contributed by atoms with Crippen molar-refractivity contribution in [1.29, 1.82) is 0 Å². The molecular formula is C25H40O2. The Labute approximate surface area is 167 Å². The number of carbonyl (C=O) groups is 1. The van der Waals surface area contributed by atoms with Crippen LogP contribution in [0, 0.1) is 0 Å². The van der Waals surface area contributed by atoms with Crippen molar-refractivity contribution < 1.29 is 9.53 Å². The van der Waals surface area contributed by atoms with Crippen molar-refractivity contribution in [3.63, 3.8) is 0 Å². The molecule has 0 aromatic heterocycles. The highest BCUT2D eigenvalue weighted by Crippen LogP contribution is 2.17. The molecule has 0 bridgehead atoms. The van der Waals surface area contributed by atoms with Gasteiger partial charge in [0.05, 0.1) is 0 Å². The van der Waals surface area contributed by atoms with E-state index in [0.717, 1.165) is 6.42 Å². The molecule has 2 nitrogen and oxygen atoms in total. The maximum Gasteiger partial charge on any atom is 0.335 e. The van der Waals surface area contributed by atoms with E-state index in [4.69, 9.17) is 4.74 Å². The zero-order valence-corrected chi connectivity index (χ0v) is 17.5. The lowest BCUT2D eigenvalue weighted by Gasteiger charge is -2.06. The molecular weight excluding hydrogens is 332 g/mol. The first-order chi connectivity index (χ1) is 13.3. The summed E-state index contributed by atoms with van der Waals surface area (Å²) in [5.74, 6) is 0.214. The van der Waals surface area contributed by atoms with Crippen molar-refractivity contribution in [2.24, 2.45) is 0 Å². The second kappa shape index (κ2) is 16.6. The average Bonchev–Trinajstić information content (AvgIpc) is 2.68. The van der Waals surface area contributed by atoms with Gasteiger partial charge in [-0.1, -0.05) is 109 Å². The Kier molecular flexibility index (Phi) is 14.4. The fourth-order valence-electron chi connectivity index (χ4n) is 3.45. The van der Waals surface area contributed by atoms with Crippen LogP contribution in [0.4, 0.5) is 0 Å². The molecule has 2 heteroatoms. The van der Waals surface area contributed by atoms with E-state index in [0.29, 0.717) is 5.75 Å². The molecule has 0 saturated carbocycles. The Balaban J connectivity index is 1.93. The molecule has 0 unspecified atom stereocenters. The van der Waals surface area contributed by atoms with Gasteiger partial charge >= 0.3 is 5.97 Å². The fraction of sp³-hybridized carbons (Fsp3) is 0.640. The highest BCUT2D eigenvalue weighted by atomic mass is 16.5. The van der Waals surface area contributed by atoms with Gasteiger partial charge in [0.25, 0.3) is 0 Å². The van der Waals surface area contributed by atoms with Crippen LogP contribution in [0.15, 0.2) is 36.9 Å². The van der Waals surface area contributed by atoms with E-state index in [9.17, 15) is 4.79 Å². The average molecular weight is 373 g/mol. The summed E-state index contributed by atoms with van der Waals surface area (Å²) in [4.78, 5) is 11.2. The third-order valence-electron chi connectivity index (χ3n) is 5.10. The third kappa shape index (κ3) is 13.3. The number of rotatable bonds is 17. The molecule has 0 amide bonds. The Hall–Kier alpha value is -1.57. The maximum atomic E-state index is 11.2. The van der Waals surface area contributed by atoms with Gasteiger partial charge in [0.15, 0.2) is 0 Å². The summed E-state index contributed by atoms with van der Waals surface area (Å²) in [5, 5.41) is 0. The third-order valence-corrected chi connectivity index (χ3v) is 5.10. The second-order valence-corrected chi connectivity index (χ2v) is 7.62. The molecule has 152 valence electrons. The van der Waals surface area contributed by atoms with Crippen LogP contribution >= 0.6 is 0 Å². The van der Waals surface area contributed by atoms with Crippen LogP contribution in [-0.2, 0) is 11.2 Å². The van der Waals surface area contributed by atoms with Crippen LogP contribution in [-0.4, -0.2) is 5.97 Å². The molecule has 0 atom stereocenters. The fourth-order valence-corrected chi connectivity index (χ4v) is 3.45. The smallest absolute Gasteiger partial charge is 0.335 e. The molecule has 1 rings (SSSR count). The zero-order chi connectivity index (χ0) is 19.6. The number of carbonyl (C=O) groups excluding carboxylic acids is 1. The summed E-state index contributed by atoms with van der Waals surface area (Å²) >= 11 is 0. The van der Waals surface area contributed by atoms with E-state index in [2.05, 4.69) is 19.6 Å². The molecule has 0 spiro atoms. The molecule has 0 N–H and O–H groups in total. The second-order valence-electron chi connectivity index (χ2n) is 7.62. The van der Waals surface area contributed by atoms with Gasteiger partial charge in [0.1, 0.15) is 5.75 Å². The highest BCUT2D eigenvalue weighted by Gasteiger charge is 2.01. The number of esters is 1. The van der Waals surface area contributed by atoms with Crippen LogP contribution in [0.2, 0.25) is 0 Å². The molecule has 0 radical (unpaired) electrons. The summed E-state index contributed by atoms with van der Waals surface area (Å²) in [6.45, 7) is 5.70. The first-order valence-corrected chi connectivity index (χ1v) is 11.2. The van der Waals surface area contributed by atoms with E-state index in [-0.39, 0.29) is 0 Å². The molecule has 0 aliphatic heterocycles. The van der Waals surface area contributed by atoms with Gasteiger partial charge < -0.3 is 4.74 Å². The minimum absolute atomic E-state index is 0.399. The minimum Gasteiger partial charge on any atom is -0.423 e. The summed E-state index contributed by atoms with van der Waals surface area (Å²) in [6, 6.07) is 7.83. The van der Waals surface area contributed by atoms with Gasteiger partial charge in [0, 0.05) is 6.08 Å². The van der Waals surface area contributed by atoms with E-state index < -0.39 is 5.97 Å². The topological polar surface area (TPSA) is 26.3 Å². The van der Waals surface area contributed by atoms with Gasteiger partial charge in [-0.15, -0.1) is 0 Å². The van der Waals surface area contributed by atoms with E-state index in [1.165, 1.54) is 102 Å². The first kappa shape index (κ1) is 23.5. The zero-order valence-electron chi connectivity index (χ0n) is 17.5. The number of unbranched alkanes of at least 4 members (excludes halogenated alkanes) is 13. The Morgan fingerprint density at radius 1 is 0.852 bits per heavy atom. The normalized spacial score (nSPS) is 10.7. The largest absolute Gasteiger partial charge is 0.423 e. The van der Waals surface area contributed by atoms with Crippen LogP contribution in [0.25, 0.3) is 0 Å². The van der Waals surface area contributed by atoms with Crippen LogP contribution in [0.1, 0.15) is 102 Å². The maximum absolute atomic E-state index is 11.2. The lowest BCUT2D eigenvalue weighted by atomic mass is 10.0. The van der Waals surface area contributed by atoms with E-state index in [1.54, 1.807) is 0 Å². The number of aryl methyl sites for hydroxylation is 1. The molecule has 1 aromatic carbocycles. The molecule has 0 fully saturated rings. The number of benzene rings is 1. The van der Waals surface area contributed by atoms with Gasteiger partial charge in [0.2, 0.25) is 0 Å². The SMILES string of the molecule is C=CC(=O)Oc1cccc(CCCCCCCCCCCCCCCC)c1. The molecule has 27 heavy (non-hydrogen) atoms. The minimum atomic E-state index is -0.399. The molecule has 0 heterocycles. The van der Waals surface area contributed by atoms with Gasteiger partial charge in [-0.2, -0.15) is 0 Å². The van der Waals surface area contributed by atoms with E-state index in [1.807, 2.05) is 18.2 Å². The monoisotopic (exact) mass is 372 g/mol. The van der Waals surface area contributed by atoms with Crippen LogP contribution < -0.4 is 4.74 Å². The van der Waals surface area contributed by atoms with Crippen molar-refractivity contribution in [2.45, 2.75) is 103 Å². The summed E-state index contributed by atoms with van der Waals surface area (Å²) < 4.78 is 5.17. The Morgan fingerprint density at radius 3 is 1.89 bits per heavy atom. The number of hydrogen-bond acceptors (Lipinski definition) is 2. The van der Waals surface area contributed by atoms with Crippen molar-refractivity contribution in [3.05, 3.63) is 42.5 Å². The van der Waals surface area contributed by atoms with Crippen molar-refractivity contribution >= 4 is 5.97 Å². The van der Waals surface area contributed by atoms with Crippen molar-refractivity contribution in [1.82, 2.24) is 0 Å². The van der Waals surface area contributed by atoms with Gasteiger partial charge in [-0.05, 0) is 30.5 Å². The number of hydrogen-bond donors (Lipinski definition) is 0. The van der Waals surface area contributed by atoms with Crippen LogP contribution in [0.5, 0.6) is 5.75 Å². The summed E-state index contributed by atoms with van der Waals surface area (Å²) in [5.41, 5.74) is 1.24. The summed E-state index contributed by atoms with van der Waals surface area (Å²) in [6.07, 6.45) is 21.6. The van der Waals surface area contributed by atoms with Crippen LogP contribution in [0.3, 0.4) is 0 Å². The Bertz CT molecular complexity index is 507. The Morgan fingerprint density at radius 2 is 1.37 bits per heavy atom. The molecule has 0 saturated heterocycles. The standard InChI is InChI=1S/C25H40O2/c1-3-5-6-7-8-9-10-11-12-13-14-15-16-17-19-23-20-18-21-24(22-23)27-25(26)4-2/h4,18,20-22H,2-3,5-17,19H2,1H3. The first-order valence-electron chi connectivity index (χ1n) is 11.2. The highest BCUT2D eigenvalue weighted by molar-refractivity contribution is 5.83. The lowest BCUT2D eigenvalue weighted by Crippen LogP contribution is -2.03. The summed E-state index contributed by atoms with van der Waals surface area (Å²) in [7, 11) is 0. The van der Waals surface area contributed by atoms with Crippen molar-refractivity contribution in [3.8, 4) is 5.75 Å². The molecule has 0 aliphatic carbocycles.